The minimum absolute atomic E-state index is 0.00684. The van der Waals surface area contributed by atoms with Crippen molar-refractivity contribution in [2.75, 3.05) is 19.0 Å². The zero-order chi connectivity index (χ0) is 26.1. The lowest BCUT2D eigenvalue weighted by atomic mass is 10.0. The first-order valence-electron chi connectivity index (χ1n) is 11.9. The fourth-order valence-electron chi connectivity index (χ4n) is 4.45. The van der Waals surface area contributed by atoms with Crippen molar-refractivity contribution in [1.29, 1.82) is 0 Å². The molecule has 2 aliphatic rings. The van der Waals surface area contributed by atoms with E-state index < -0.39 is 23.8 Å². The highest BCUT2D eigenvalue weighted by molar-refractivity contribution is 9.10. The normalized spacial score (nSPS) is 20.0. The Hall–Kier alpha value is -2.62. The van der Waals surface area contributed by atoms with E-state index in [-0.39, 0.29) is 23.8 Å². The van der Waals surface area contributed by atoms with Crippen LogP contribution in [0.15, 0.2) is 16.6 Å². The molecule has 0 saturated carbocycles. The van der Waals surface area contributed by atoms with Gasteiger partial charge in [0.2, 0.25) is 17.7 Å². The average molecular weight is 551 g/mol. The first kappa shape index (κ1) is 27.0. The van der Waals surface area contributed by atoms with E-state index in [1.54, 1.807) is 39.8 Å². The van der Waals surface area contributed by atoms with E-state index in [0.29, 0.717) is 32.1 Å². The summed E-state index contributed by atoms with van der Waals surface area (Å²) in [6, 6.07) is 2.11. The highest BCUT2D eigenvalue weighted by Gasteiger charge is 2.44. The van der Waals surface area contributed by atoms with Crippen LogP contribution in [-0.2, 0) is 32.0 Å². The molecule has 2 N–H and O–H groups in total. The number of amides is 4. The van der Waals surface area contributed by atoms with Crippen molar-refractivity contribution < 1.29 is 23.9 Å². The average Bonchev–Trinajstić information content (AvgIpc) is 3.06. The molecule has 0 spiro atoms. The molecule has 0 aliphatic carbocycles. The fourth-order valence-corrected chi connectivity index (χ4v) is 5.00. The van der Waals surface area contributed by atoms with E-state index in [9.17, 15) is 19.2 Å². The Balaban J connectivity index is 1.81. The second kappa shape index (κ2) is 10.6. The number of anilines is 1. The van der Waals surface area contributed by atoms with Crippen LogP contribution in [0.5, 0.6) is 0 Å². The van der Waals surface area contributed by atoms with Crippen LogP contribution < -0.4 is 15.5 Å². The van der Waals surface area contributed by atoms with Crippen molar-refractivity contribution in [3.63, 3.8) is 0 Å². The maximum absolute atomic E-state index is 13.7. The van der Waals surface area contributed by atoms with Crippen LogP contribution in [0.3, 0.4) is 0 Å². The monoisotopic (exact) mass is 550 g/mol. The molecule has 0 aromatic heterocycles. The molecule has 1 unspecified atom stereocenters. The number of alkyl carbamates (subject to hydrolysis) is 1. The van der Waals surface area contributed by atoms with E-state index in [4.69, 9.17) is 4.74 Å². The highest BCUT2D eigenvalue weighted by Crippen LogP contribution is 2.41. The zero-order valence-electron chi connectivity index (χ0n) is 21.2. The lowest BCUT2D eigenvalue weighted by Gasteiger charge is -2.29. The SMILES string of the molecule is CC(CCC(=O)N(C)C)NC(=O)[C@@H]1Cc2cc(Br)cc3c2N1C(=O)[C@@H](NC(=O)OC(C)(C)C)CC3. The van der Waals surface area contributed by atoms with Gasteiger partial charge in [0.15, 0.2) is 0 Å². The first-order valence-corrected chi connectivity index (χ1v) is 12.7. The molecule has 0 saturated heterocycles. The number of carbonyl (C=O) groups is 4. The van der Waals surface area contributed by atoms with Gasteiger partial charge in [-0.15, -0.1) is 0 Å². The Kier molecular flexibility index (Phi) is 8.14. The maximum Gasteiger partial charge on any atom is 0.408 e. The summed E-state index contributed by atoms with van der Waals surface area (Å²) in [5.41, 5.74) is 1.92. The molecule has 0 fully saturated rings. The van der Waals surface area contributed by atoms with Gasteiger partial charge in [0.05, 0.1) is 5.69 Å². The van der Waals surface area contributed by atoms with Gasteiger partial charge >= 0.3 is 6.09 Å². The van der Waals surface area contributed by atoms with Crippen LogP contribution in [0.25, 0.3) is 0 Å². The number of halogens is 1. The highest BCUT2D eigenvalue weighted by atomic mass is 79.9. The van der Waals surface area contributed by atoms with E-state index in [0.717, 1.165) is 21.3 Å². The van der Waals surface area contributed by atoms with Gasteiger partial charge in [-0.25, -0.2) is 4.79 Å². The number of aryl methyl sites for hydroxylation is 1. The lowest BCUT2D eigenvalue weighted by Crippen LogP contribution is -2.55. The van der Waals surface area contributed by atoms with Gasteiger partial charge in [-0.05, 0) is 70.2 Å². The molecule has 2 heterocycles. The van der Waals surface area contributed by atoms with Crippen LogP contribution in [0.4, 0.5) is 10.5 Å². The van der Waals surface area contributed by atoms with Crippen molar-refractivity contribution in [1.82, 2.24) is 15.5 Å². The molecule has 3 atom stereocenters. The van der Waals surface area contributed by atoms with Crippen LogP contribution in [-0.4, -0.2) is 66.5 Å². The lowest BCUT2D eigenvalue weighted by molar-refractivity contribution is -0.129. The van der Waals surface area contributed by atoms with Crippen molar-refractivity contribution in [3.05, 3.63) is 27.7 Å². The maximum atomic E-state index is 13.7. The molecular weight excluding hydrogens is 516 g/mol. The number of ether oxygens (including phenoxy) is 1. The van der Waals surface area contributed by atoms with Crippen molar-refractivity contribution in [2.24, 2.45) is 0 Å². The van der Waals surface area contributed by atoms with Gasteiger partial charge in [0.25, 0.3) is 0 Å². The van der Waals surface area contributed by atoms with Gasteiger partial charge < -0.3 is 20.3 Å². The molecular formula is C25H35BrN4O5. The predicted octanol–water partition coefficient (Wildman–Crippen LogP) is 2.92. The Morgan fingerprint density at radius 2 is 1.89 bits per heavy atom. The number of nitrogens with zero attached hydrogens (tertiary/aromatic N) is 2. The van der Waals surface area contributed by atoms with Gasteiger partial charge in [-0.2, -0.15) is 0 Å². The summed E-state index contributed by atoms with van der Waals surface area (Å²) in [7, 11) is 3.40. The van der Waals surface area contributed by atoms with Gasteiger partial charge in [0.1, 0.15) is 17.7 Å². The molecule has 10 heteroatoms. The largest absolute Gasteiger partial charge is 0.444 e. The molecule has 3 rings (SSSR count). The third kappa shape index (κ3) is 6.54. The summed E-state index contributed by atoms with van der Waals surface area (Å²) < 4.78 is 6.24. The van der Waals surface area contributed by atoms with E-state index >= 15 is 0 Å². The van der Waals surface area contributed by atoms with E-state index in [1.807, 2.05) is 19.1 Å². The number of nitrogens with one attached hydrogen (secondary N) is 2. The molecule has 2 aliphatic heterocycles. The van der Waals surface area contributed by atoms with Crippen LogP contribution in [0, 0.1) is 0 Å². The third-order valence-electron chi connectivity index (χ3n) is 6.11. The van der Waals surface area contributed by atoms with E-state index in [1.165, 1.54) is 4.90 Å². The summed E-state index contributed by atoms with van der Waals surface area (Å²) >= 11 is 3.54. The Morgan fingerprint density at radius 3 is 2.51 bits per heavy atom. The molecule has 0 bridgehead atoms. The molecule has 0 radical (unpaired) electrons. The first-order chi connectivity index (χ1) is 16.3. The molecule has 1 aromatic carbocycles. The number of rotatable bonds is 6. The summed E-state index contributed by atoms with van der Waals surface area (Å²) in [5, 5.41) is 5.68. The Morgan fingerprint density at radius 1 is 1.23 bits per heavy atom. The summed E-state index contributed by atoms with van der Waals surface area (Å²) in [6.07, 6.45) is 1.50. The quantitative estimate of drug-likeness (QED) is 0.566. The van der Waals surface area contributed by atoms with E-state index in [2.05, 4.69) is 26.6 Å². The summed E-state index contributed by atoms with van der Waals surface area (Å²) in [6.45, 7) is 7.13. The fraction of sp³-hybridized carbons (Fsp3) is 0.600. The minimum atomic E-state index is -0.813. The number of benzene rings is 1. The standard InChI is InChI=1S/C25H35BrN4O5/c1-14(7-10-20(31)29(5)6)27-22(32)19-13-16-12-17(26)11-15-8-9-18(23(33)30(19)21(15)16)28-24(34)35-25(2,3)4/h11-12,14,18-19H,7-10,13H2,1-6H3,(H,27,32)(H,28,34)/t14?,18-,19-/m0/s1. The summed E-state index contributed by atoms with van der Waals surface area (Å²) in [4.78, 5) is 54.4. The van der Waals surface area contributed by atoms with Crippen LogP contribution in [0.2, 0.25) is 0 Å². The number of hydrogen-bond acceptors (Lipinski definition) is 5. The summed E-state index contributed by atoms with van der Waals surface area (Å²) in [5.74, 6) is -0.613. The predicted molar refractivity (Wildman–Crippen MR) is 136 cm³/mol. The number of carbonyl (C=O) groups excluding carboxylic acids is 4. The second-order valence-electron chi connectivity index (χ2n) is 10.5. The van der Waals surface area contributed by atoms with Crippen molar-refractivity contribution in [2.45, 2.75) is 83.5 Å². The van der Waals surface area contributed by atoms with Crippen LogP contribution >= 0.6 is 15.9 Å². The zero-order valence-corrected chi connectivity index (χ0v) is 22.8. The minimum Gasteiger partial charge on any atom is -0.444 e. The van der Waals surface area contributed by atoms with Crippen LogP contribution in [0.1, 0.15) is 58.1 Å². The topological polar surface area (TPSA) is 108 Å². The Labute approximate surface area is 215 Å². The molecule has 4 amide bonds. The molecule has 1 aromatic rings. The van der Waals surface area contributed by atoms with Gasteiger partial charge in [0, 0.05) is 37.5 Å². The van der Waals surface area contributed by atoms with Gasteiger partial charge in [-0.3, -0.25) is 19.3 Å². The molecule has 192 valence electrons. The van der Waals surface area contributed by atoms with Crippen molar-refractivity contribution >= 4 is 45.4 Å². The van der Waals surface area contributed by atoms with Crippen molar-refractivity contribution in [3.8, 4) is 0 Å². The smallest absolute Gasteiger partial charge is 0.408 e. The number of hydrogen-bond donors (Lipinski definition) is 2. The molecule has 9 nitrogen and oxygen atoms in total. The third-order valence-corrected chi connectivity index (χ3v) is 6.57. The van der Waals surface area contributed by atoms with Gasteiger partial charge in [-0.1, -0.05) is 15.9 Å². The second-order valence-corrected chi connectivity index (χ2v) is 11.4. The molecule has 35 heavy (non-hydrogen) atoms. The Bertz CT molecular complexity index is 1020.